The van der Waals surface area contributed by atoms with E-state index >= 15 is 0 Å². The molecular weight excluding hydrogens is 286 g/mol. The van der Waals surface area contributed by atoms with E-state index in [9.17, 15) is 4.79 Å². The van der Waals surface area contributed by atoms with E-state index in [1.54, 1.807) is 0 Å². The average Bonchev–Trinajstić information content (AvgIpc) is 3.27. The zero-order valence-electron chi connectivity index (χ0n) is 13.8. The molecule has 0 spiro atoms. The number of nitrogens with zero attached hydrogens (tertiary/aromatic N) is 2. The maximum atomic E-state index is 13.0. The summed E-state index contributed by atoms with van der Waals surface area (Å²) in [5.41, 5.74) is 4.55. The summed E-state index contributed by atoms with van der Waals surface area (Å²) in [6.07, 6.45) is 7.00. The minimum absolute atomic E-state index is 0.113. The fourth-order valence-corrected chi connectivity index (χ4v) is 3.87. The number of hydrogen-bond acceptors (Lipinski definition) is 2. The van der Waals surface area contributed by atoms with E-state index in [0.29, 0.717) is 0 Å². The molecule has 23 heavy (non-hydrogen) atoms. The lowest BCUT2D eigenvalue weighted by atomic mass is 9.90. The van der Waals surface area contributed by atoms with Crippen LogP contribution in [-0.2, 0) is 23.7 Å². The van der Waals surface area contributed by atoms with Crippen LogP contribution in [0.25, 0.3) is 0 Å². The van der Waals surface area contributed by atoms with Gasteiger partial charge in [-0.05, 0) is 44.6 Å². The Labute approximate surface area is 136 Å². The van der Waals surface area contributed by atoms with Gasteiger partial charge >= 0.3 is 0 Å². The Bertz CT molecular complexity index is 758. The van der Waals surface area contributed by atoms with E-state index in [0.717, 1.165) is 37.7 Å². The summed E-state index contributed by atoms with van der Waals surface area (Å²) in [7, 11) is 1.98. The maximum absolute atomic E-state index is 13.0. The second-order valence-electron chi connectivity index (χ2n) is 7.04. The van der Waals surface area contributed by atoms with Crippen molar-refractivity contribution in [1.82, 2.24) is 15.1 Å². The molecule has 2 aliphatic rings. The molecule has 4 rings (SSSR count). The van der Waals surface area contributed by atoms with E-state index in [4.69, 9.17) is 0 Å². The molecule has 4 nitrogen and oxygen atoms in total. The molecule has 1 aromatic heterocycles. The van der Waals surface area contributed by atoms with Gasteiger partial charge in [0.1, 0.15) is 0 Å². The summed E-state index contributed by atoms with van der Waals surface area (Å²) in [5.74, 6) is 0.185. The molecule has 1 amide bonds. The molecule has 1 atom stereocenters. The van der Waals surface area contributed by atoms with Gasteiger partial charge < -0.3 is 5.32 Å². The highest BCUT2D eigenvalue weighted by molar-refractivity contribution is 5.91. The number of carbonyl (C=O) groups excluding carboxylic acids is 1. The van der Waals surface area contributed by atoms with Crippen LogP contribution in [0.15, 0.2) is 30.5 Å². The highest BCUT2D eigenvalue weighted by Gasteiger charge is 2.51. The van der Waals surface area contributed by atoms with Crippen molar-refractivity contribution in [3.63, 3.8) is 0 Å². The van der Waals surface area contributed by atoms with Gasteiger partial charge in [-0.15, -0.1) is 0 Å². The molecule has 0 radical (unpaired) electrons. The van der Waals surface area contributed by atoms with Crippen LogP contribution in [0.2, 0.25) is 0 Å². The predicted molar refractivity (Wildman–Crippen MR) is 89.1 cm³/mol. The fourth-order valence-electron chi connectivity index (χ4n) is 3.87. The minimum Gasteiger partial charge on any atom is -0.348 e. The van der Waals surface area contributed by atoms with Crippen molar-refractivity contribution in [3.05, 3.63) is 52.8 Å². The molecule has 0 bridgehead atoms. The molecule has 1 heterocycles. The third-order valence-electron chi connectivity index (χ3n) is 5.44. The standard InChI is InChI=1S/C19H23N3O/c1-13-5-3-6-14(11-13)19(9-10-19)18(23)21-16-7-4-8-17-15(16)12-20-22(17)2/h3,5-6,11-12,16H,4,7-10H2,1-2H3,(H,21,23). The molecule has 2 aromatic rings. The summed E-state index contributed by atoms with van der Waals surface area (Å²) in [6, 6.07) is 8.50. The second-order valence-corrected chi connectivity index (χ2v) is 7.04. The van der Waals surface area contributed by atoms with Crippen molar-refractivity contribution in [2.45, 2.75) is 50.5 Å². The number of carbonyl (C=O) groups is 1. The van der Waals surface area contributed by atoms with Crippen LogP contribution in [0.3, 0.4) is 0 Å². The van der Waals surface area contributed by atoms with E-state index < -0.39 is 0 Å². The van der Waals surface area contributed by atoms with E-state index in [-0.39, 0.29) is 17.4 Å². The highest BCUT2D eigenvalue weighted by Crippen LogP contribution is 2.49. The van der Waals surface area contributed by atoms with E-state index in [2.05, 4.69) is 41.6 Å². The molecule has 1 aromatic carbocycles. The smallest absolute Gasteiger partial charge is 0.231 e. The molecule has 0 aliphatic heterocycles. The van der Waals surface area contributed by atoms with Crippen LogP contribution in [0.4, 0.5) is 0 Å². The van der Waals surface area contributed by atoms with Crippen LogP contribution in [0.5, 0.6) is 0 Å². The van der Waals surface area contributed by atoms with Crippen molar-refractivity contribution in [2.75, 3.05) is 0 Å². The van der Waals surface area contributed by atoms with Crippen molar-refractivity contribution in [2.24, 2.45) is 7.05 Å². The Morgan fingerprint density at radius 3 is 2.96 bits per heavy atom. The zero-order chi connectivity index (χ0) is 16.0. The second kappa shape index (κ2) is 5.22. The van der Waals surface area contributed by atoms with Gasteiger partial charge in [0.15, 0.2) is 0 Å². The Balaban J connectivity index is 1.57. The monoisotopic (exact) mass is 309 g/mol. The Morgan fingerprint density at radius 2 is 2.22 bits per heavy atom. The van der Waals surface area contributed by atoms with E-state index in [1.165, 1.54) is 16.8 Å². The zero-order valence-corrected chi connectivity index (χ0v) is 13.8. The Kier molecular flexibility index (Phi) is 3.29. The first-order valence-corrected chi connectivity index (χ1v) is 8.49. The number of amides is 1. The number of rotatable bonds is 3. The van der Waals surface area contributed by atoms with Gasteiger partial charge in [-0.25, -0.2) is 0 Å². The molecule has 1 saturated carbocycles. The lowest BCUT2D eigenvalue weighted by Crippen LogP contribution is -2.38. The first-order valence-electron chi connectivity index (χ1n) is 8.49. The molecule has 1 fully saturated rings. The van der Waals surface area contributed by atoms with Crippen LogP contribution >= 0.6 is 0 Å². The van der Waals surface area contributed by atoms with Gasteiger partial charge in [0, 0.05) is 18.3 Å². The van der Waals surface area contributed by atoms with Crippen molar-refractivity contribution in [1.29, 1.82) is 0 Å². The topological polar surface area (TPSA) is 46.9 Å². The van der Waals surface area contributed by atoms with Crippen LogP contribution in [0, 0.1) is 6.92 Å². The summed E-state index contributed by atoms with van der Waals surface area (Å²) in [5, 5.41) is 7.69. The first kappa shape index (κ1) is 14.5. The largest absolute Gasteiger partial charge is 0.348 e. The van der Waals surface area contributed by atoms with Crippen LogP contribution in [0.1, 0.15) is 54.1 Å². The Morgan fingerprint density at radius 1 is 1.39 bits per heavy atom. The highest BCUT2D eigenvalue weighted by atomic mass is 16.2. The maximum Gasteiger partial charge on any atom is 0.231 e. The first-order chi connectivity index (χ1) is 11.1. The number of nitrogens with one attached hydrogen (secondary N) is 1. The third kappa shape index (κ3) is 2.37. The van der Waals surface area contributed by atoms with E-state index in [1.807, 2.05) is 17.9 Å². The number of fused-ring (bicyclic) bond motifs is 1. The number of benzene rings is 1. The van der Waals surface area contributed by atoms with Gasteiger partial charge in [0.05, 0.1) is 17.7 Å². The molecule has 120 valence electrons. The lowest BCUT2D eigenvalue weighted by molar-refractivity contribution is -0.124. The van der Waals surface area contributed by atoms with Gasteiger partial charge in [-0.2, -0.15) is 5.10 Å². The van der Waals surface area contributed by atoms with Crippen molar-refractivity contribution >= 4 is 5.91 Å². The molecule has 1 unspecified atom stereocenters. The van der Waals surface area contributed by atoms with Gasteiger partial charge in [0.2, 0.25) is 5.91 Å². The number of hydrogen-bond donors (Lipinski definition) is 1. The molecule has 4 heteroatoms. The summed E-state index contributed by atoms with van der Waals surface area (Å²) >= 11 is 0. The predicted octanol–water partition coefficient (Wildman–Crippen LogP) is 2.95. The summed E-state index contributed by atoms with van der Waals surface area (Å²) in [6.45, 7) is 2.08. The van der Waals surface area contributed by atoms with Crippen LogP contribution < -0.4 is 5.32 Å². The van der Waals surface area contributed by atoms with Gasteiger partial charge in [0.25, 0.3) is 0 Å². The van der Waals surface area contributed by atoms with Gasteiger partial charge in [-0.1, -0.05) is 29.8 Å². The van der Waals surface area contributed by atoms with Crippen molar-refractivity contribution < 1.29 is 4.79 Å². The number of aryl methyl sites for hydroxylation is 2. The summed E-state index contributed by atoms with van der Waals surface area (Å²) < 4.78 is 1.95. The molecule has 2 aliphatic carbocycles. The SMILES string of the molecule is Cc1cccc(C2(C(=O)NC3CCCc4c3cnn4C)CC2)c1. The third-order valence-corrected chi connectivity index (χ3v) is 5.44. The normalized spacial score (nSPS) is 21.6. The summed E-state index contributed by atoms with van der Waals surface area (Å²) in [4.78, 5) is 13.0. The quantitative estimate of drug-likeness (QED) is 0.947. The fraction of sp³-hybridized carbons (Fsp3) is 0.474. The lowest BCUT2D eigenvalue weighted by Gasteiger charge is -2.26. The van der Waals surface area contributed by atoms with Gasteiger partial charge in [-0.3, -0.25) is 9.48 Å². The molecular formula is C19H23N3O. The molecule has 0 saturated heterocycles. The Hall–Kier alpha value is -2.10. The average molecular weight is 309 g/mol. The molecule has 1 N–H and O–H groups in total. The minimum atomic E-state index is -0.300. The number of aromatic nitrogens is 2. The van der Waals surface area contributed by atoms with Crippen LogP contribution in [-0.4, -0.2) is 15.7 Å². The van der Waals surface area contributed by atoms with Crippen molar-refractivity contribution in [3.8, 4) is 0 Å².